The first-order valence-corrected chi connectivity index (χ1v) is 10.1. The molecule has 1 radical (unpaired) electrons. The van der Waals surface area contributed by atoms with Crippen LogP contribution >= 0.6 is 0 Å². The molecule has 0 heterocycles. The highest BCUT2D eigenvalue weighted by Crippen LogP contribution is 2.37. The van der Waals surface area contributed by atoms with Crippen molar-refractivity contribution in [3.63, 3.8) is 0 Å². The van der Waals surface area contributed by atoms with Gasteiger partial charge in [0.1, 0.15) is 0 Å². The smallest absolute Gasteiger partial charge is 0.0599 e. The maximum Gasteiger partial charge on any atom is 0.0599 e. The van der Waals surface area contributed by atoms with Crippen molar-refractivity contribution < 1.29 is 0 Å². The lowest BCUT2D eigenvalue weighted by atomic mass is 9.87. The van der Waals surface area contributed by atoms with Gasteiger partial charge in [0.05, 0.1) is 5.92 Å². The fourth-order valence-electron chi connectivity index (χ4n) is 3.57. The van der Waals surface area contributed by atoms with E-state index in [1.807, 2.05) is 12.2 Å². The lowest BCUT2D eigenvalue weighted by Gasteiger charge is -2.30. The number of para-hydroxylation sites is 2. The van der Waals surface area contributed by atoms with E-state index in [-0.39, 0.29) is 0 Å². The van der Waals surface area contributed by atoms with E-state index in [9.17, 15) is 0 Å². The molecule has 0 unspecified atom stereocenters. The predicted molar refractivity (Wildman–Crippen MR) is 121 cm³/mol. The van der Waals surface area contributed by atoms with Gasteiger partial charge in [0.15, 0.2) is 0 Å². The topological polar surface area (TPSA) is 6.48 Å². The van der Waals surface area contributed by atoms with Gasteiger partial charge in [-0.25, -0.2) is 0 Å². The fourth-order valence-corrected chi connectivity index (χ4v) is 3.57. The molecule has 143 valence electrons. The quantitative estimate of drug-likeness (QED) is 0.472. The monoisotopic (exact) mass is 361 g/mol. The van der Waals surface area contributed by atoms with Crippen LogP contribution in [0.1, 0.15) is 38.8 Å². The standard InChI is InChI=1S/C25H33N2/c1-6-11-16-21(22-17-12-14-19-24(22)26(7-2)8-3)23-18-13-15-20-25(23)27(9-4)10-5/h6,11-20H,1,7-10H2,2-5H3. The Morgan fingerprint density at radius 2 is 1.15 bits per heavy atom. The van der Waals surface area contributed by atoms with Crippen molar-refractivity contribution in [1.29, 1.82) is 0 Å². The first-order chi connectivity index (χ1) is 13.2. The molecule has 2 aromatic carbocycles. The van der Waals surface area contributed by atoms with E-state index < -0.39 is 0 Å². The number of anilines is 2. The SMILES string of the molecule is C=CC=C[C](c1ccccc1N(CC)CC)c1ccccc1N(CC)CC. The zero-order valence-electron chi connectivity index (χ0n) is 17.3. The van der Waals surface area contributed by atoms with Crippen molar-refractivity contribution in [1.82, 2.24) is 0 Å². The summed E-state index contributed by atoms with van der Waals surface area (Å²) in [6, 6.07) is 17.4. The minimum atomic E-state index is 0.990. The number of rotatable bonds is 10. The van der Waals surface area contributed by atoms with E-state index in [2.05, 4.69) is 98.7 Å². The summed E-state index contributed by atoms with van der Waals surface area (Å²) in [7, 11) is 0. The molecule has 0 amide bonds. The second kappa shape index (κ2) is 10.6. The Hall–Kier alpha value is -2.48. The van der Waals surface area contributed by atoms with Gasteiger partial charge in [0.2, 0.25) is 0 Å². The number of hydrogen-bond donors (Lipinski definition) is 0. The molecule has 0 fully saturated rings. The van der Waals surface area contributed by atoms with Crippen molar-refractivity contribution in [2.45, 2.75) is 27.7 Å². The van der Waals surface area contributed by atoms with Crippen LogP contribution in [0.5, 0.6) is 0 Å². The third kappa shape index (κ3) is 4.82. The van der Waals surface area contributed by atoms with Gasteiger partial charge in [-0.3, -0.25) is 0 Å². The summed E-state index contributed by atoms with van der Waals surface area (Å²) < 4.78 is 0. The fraction of sp³-hybridized carbons (Fsp3) is 0.320. The van der Waals surface area contributed by atoms with E-state index in [4.69, 9.17) is 0 Å². The average molecular weight is 362 g/mol. The average Bonchev–Trinajstić information content (AvgIpc) is 2.72. The zero-order valence-corrected chi connectivity index (χ0v) is 17.3. The maximum absolute atomic E-state index is 3.88. The van der Waals surface area contributed by atoms with Gasteiger partial charge in [0.25, 0.3) is 0 Å². The van der Waals surface area contributed by atoms with Crippen LogP contribution < -0.4 is 9.80 Å². The van der Waals surface area contributed by atoms with Gasteiger partial charge in [-0.1, -0.05) is 61.2 Å². The Morgan fingerprint density at radius 1 is 0.741 bits per heavy atom. The minimum absolute atomic E-state index is 0.990. The Kier molecular flexibility index (Phi) is 8.19. The first-order valence-electron chi connectivity index (χ1n) is 10.1. The van der Waals surface area contributed by atoms with Crippen molar-refractivity contribution in [3.8, 4) is 0 Å². The lowest BCUT2D eigenvalue weighted by molar-refractivity contribution is 0.855. The molecule has 0 spiro atoms. The molecule has 0 aliphatic rings. The molecule has 0 bridgehead atoms. The predicted octanol–water partition coefficient (Wildman–Crippen LogP) is 6.09. The summed E-state index contributed by atoms with van der Waals surface area (Å²) in [6.07, 6.45) is 6.07. The van der Waals surface area contributed by atoms with Crippen LogP contribution in [0.4, 0.5) is 11.4 Å². The highest BCUT2D eigenvalue weighted by atomic mass is 15.1. The molecule has 2 heteroatoms. The second-order valence-corrected chi connectivity index (χ2v) is 6.39. The molecule has 0 aliphatic heterocycles. The third-order valence-corrected chi connectivity index (χ3v) is 5.00. The maximum atomic E-state index is 3.88. The van der Waals surface area contributed by atoms with E-state index in [0.29, 0.717) is 0 Å². The Balaban J connectivity index is 2.66. The molecule has 0 N–H and O–H groups in total. The van der Waals surface area contributed by atoms with E-state index >= 15 is 0 Å². The normalized spacial score (nSPS) is 11.1. The van der Waals surface area contributed by atoms with Crippen LogP contribution in [0.2, 0.25) is 0 Å². The summed E-state index contributed by atoms with van der Waals surface area (Å²) in [5.74, 6) is 1.24. The lowest BCUT2D eigenvalue weighted by Crippen LogP contribution is -2.25. The molecule has 2 rings (SSSR count). The highest BCUT2D eigenvalue weighted by molar-refractivity contribution is 5.72. The van der Waals surface area contributed by atoms with Crippen molar-refractivity contribution in [2.24, 2.45) is 0 Å². The summed E-state index contributed by atoms with van der Waals surface area (Å²) in [4.78, 5) is 4.83. The Morgan fingerprint density at radius 3 is 1.52 bits per heavy atom. The third-order valence-electron chi connectivity index (χ3n) is 5.00. The molecule has 2 aromatic rings. The Bertz CT molecular complexity index is 684. The summed E-state index contributed by atoms with van der Waals surface area (Å²) in [5.41, 5.74) is 5.08. The van der Waals surface area contributed by atoms with Crippen molar-refractivity contribution in [3.05, 3.63) is 90.4 Å². The summed E-state index contributed by atoms with van der Waals surface area (Å²) in [6.45, 7) is 16.7. The van der Waals surface area contributed by atoms with Gasteiger partial charge in [0, 0.05) is 37.6 Å². The largest absolute Gasteiger partial charge is 0.372 e. The van der Waals surface area contributed by atoms with Crippen LogP contribution in [0, 0.1) is 5.92 Å². The molecule has 27 heavy (non-hydrogen) atoms. The first kappa shape index (κ1) is 20.8. The minimum Gasteiger partial charge on any atom is -0.372 e. The van der Waals surface area contributed by atoms with E-state index in [1.165, 1.54) is 28.4 Å². The summed E-state index contributed by atoms with van der Waals surface area (Å²) >= 11 is 0. The van der Waals surface area contributed by atoms with Crippen LogP contribution in [0.25, 0.3) is 0 Å². The van der Waals surface area contributed by atoms with Crippen LogP contribution in [-0.2, 0) is 0 Å². The van der Waals surface area contributed by atoms with E-state index in [0.717, 1.165) is 26.2 Å². The molecule has 0 saturated heterocycles. The van der Waals surface area contributed by atoms with Gasteiger partial charge in [-0.15, -0.1) is 0 Å². The zero-order chi connectivity index (χ0) is 19.6. The van der Waals surface area contributed by atoms with Crippen molar-refractivity contribution >= 4 is 11.4 Å². The highest BCUT2D eigenvalue weighted by Gasteiger charge is 2.21. The van der Waals surface area contributed by atoms with Crippen LogP contribution in [0.3, 0.4) is 0 Å². The van der Waals surface area contributed by atoms with Crippen LogP contribution in [0.15, 0.2) is 73.3 Å². The van der Waals surface area contributed by atoms with Crippen LogP contribution in [-0.4, -0.2) is 26.2 Å². The summed E-state index contributed by atoms with van der Waals surface area (Å²) in [5, 5.41) is 0. The number of benzene rings is 2. The van der Waals surface area contributed by atoms with E-state index in [1.54, 1.807) is 0 Å². The van der Waals surface area contributed by atoms with Crippen molar-refractivity contribution in [2.75, 3.05) is 36.0 Å². The van der Waals surface area contributed by atoms with Gasteiger partial charge in [-0.2, -0.15) is 0 Å². The molecule has 0 aliphatic carbocycles. The molecular weight excluding hydrogens is 328 g/mol. The molecule has 2 nitrogen and oxygen atoms in total. The van der Waals surface area contributed by atoms with Gasteiger partial charge in [-0.05, 0) is 51.0 Å². The molecule has 0 atom stereocenters. The van der Waals surface area contributed by atoms with Gasteiger partial charge < -0.3 is 9.80 Å². The van der Waals surface area contributed by atoms with Gasteiger partial charge >= 0.3 is 0 Å². The molecule has 0 aromatic heterocycles. The molecular formula is C25H33N2. The number of hydrogen-bond acceptors (Lipinski definition) is 2. The molecule has 0 saturated carbocycles. The number of allylic oxidation sites excluding steroid dienone is 3. The number of nitrogens with zero attached hydrogens (tertiary/aromatic N) is 2. The Labute approximate surface area is 165 Å². The second-order valence-electron chi connectivity index (χ2n) is 6.39.